The van der Waals surface area contributed by atoms with Gasteiger partial charge >= 0.3 is 0 Å². The van der Waals surface area contributed by atoms with Crippen molar-refractivity contribution in [2.24, 2.45) is 5.92 Å². The second-order valence-electron chi connectivity index (χ2n) is 6.11. The summed E-state index contributed by atoms with van der Waals surface area (Å²) in [5, 5.41) is 3.41. The molecule has 1 saturated heterocycles. The molecular weight excluding hydrogens is 224 g/mol. The van der Waals surface area contributed by atoms with Crippen LogP contribution in [0.1, 0.15) is 66.7 Å². The first-order chi connectivity index (χ1) is 8.47. The van der Waals surface area contributed by atoms with Gasteiger partial charge in [-0.15, -0.1) is 0 Å². The molecule has 106 valence electrons. The molecule has 3 atom stereocenters. The maximum Gasteiger partial charge on any atom is 0.240 e. The zero-order chi connectivity index (χ0) is 13.7. The third-order valence-corrected chi connectivity index (χ3v) is 3.84. The van der Waals surface area contributed by atoms with Gasteiger partial charge in [-0.2, -0.15) is 0 Å². The molecule has 3 nitrogen and oxygen atoms in total. The molecule has 1 heterocycles. The first-order valence-electron chi connectivity index (χ1n) is 7.55. The second kappa shape index (κ2) is 7.13. The van der Waals surface area contributed by atoms with E-state index in [4.69, 9.17) is 0 Å². The first kappa shape index (κ1) is 15.5. The van der Waals surface area contributed by atoms with E-state index < -0.39 is 0 Å². The molecule has 3 unspecified atom stereocenters. The average Bonchev–Trinajstić information content (AvgIpc) is 2.54. The number of carbonyl (C=O) groups is 1. The first-order valence-corrected chi connectivity index (χ1v) is 7.55. The zero-order valence-electron chi connectivity index (χ0n) is 12.7. The molecule has 0 bridgehead atoms. The van der Waals surface area contributed by atoms with Crippen LogP contribution in [0.25, 0.3) is 0 Å². The summed E-state index contributed by atoms with van der Waals surface area (Å²) < 4.78 is 0. The number of nitrogens with zero attached hydrogens (tertiary/aromatic N) is 1. The van der Waals surface area contributed by atoms with Crippen LogP contribution < -0.4 is 5.32 Å². The second-order valence-corrected chi connectivity index (χ2v) is 6.11. The summed E-state index contributed by atoms with van der Waals surface area (Å²) in [5.74, 6) is 1.04. The fourth-order valence-electron chi connectivity index (χ4n) is 2.80. The predicted molar refractivity (Wildman–Crippen MR) is 76.3 cm³/mol. The monoisotopic (exact) mass is 254 g/mol. The van der Waals surface area contributed by atoms with E-state index in [2.05, 4.69) is 37.9 Å². The van der Waals surface area contributed by atoms with E-state index >= 15 is 0 Å². The van der Waals surface area contributed by atoms with Crippen LogP contribution in [-0.4, -0.2) is 29.1 Å². The van der Waals surface area contributed by atoms with E-state index in [1.807, 2.05) is 6.92 Å². The van der Waals surface area contributed by atoms with Gasteiger partial charge in [0.1, 0.15) is 0 Å². The van der Waals surface area contributed by atoms with Crippen molar-refractivity contribution in [3.05, 3.63) is 0 Å². The van der Waals surface area contributed by atoms with Crippen LogP contribution in [0, 0.1) is 5.92 Å². The van der Waals surface area contributed by atoms with Gasteiger partial charge in [-0.25, -0.2) is 0 Å². The van der Waals surface area contributed by atoms with Gasteiger partial charge in [-0.1, -0.05) is 40.0 Å². The zero-order valence-corrected chi connectivity index (χ0v) is 12.7. The summed E-state index contributed by atoms with van der Waals surface area (Å²) in [4.78, 5) is 14.3. The van der Waals surface area contributed by atoms with Crippen LogP contribution in [0.3, 0.4) is 0 Å². The van der Waals surface area contributed by atoms with Crippen LogP contribution in [0.15, 0.2) is 0 Å². The molecule has 18 heavy (non-hydrogen) atoms. The summed E-state index contributed by atoms with van der Waals surface area (Å²) in [5.41, 5.74) is 0. The SMILES string of the molecule is CCCC1NC(C)C(=O)N1C(C)CCCC(C)C. The van der Waals surface area contributed by atoms with Gasteiger partial charge in [-0.05, 0) is 32.6 Å². The predicted octanol–water partition coefficient (Wildman–Crippen LogP) is 3.15. The van der Waals surface area contributed by atoms with E-state index in [0.29, 0.717) is 6.04 Å². The number of nitrogens with one attached hydrogen (secondary N) is 1. The largest absolute Gasteiger partial charge is 0.323 e. The lowest BCUT2D eigenvalue weighted by molar-refractivity contribution is -0.131. The van der Waals surface area contributed by atoms with Crippen molar-refractivity contribution in [3.8, 4) is 0 Å². The molecule has 0 aromatic heterocycles. The molecule has 0 radical (unpaired) electrons. The van der Waals surface area contributed by atoms with Crippen molar-refractivity contribution >= 4 is 5.91 Å². The maximum absolute atomic E-state index is 12.2. The Labute approximate surface area is 112 Å². The van der Waals surface area contributed by atoms with E-state index in [-0.39, 0.29) is 18.1 Å². The molecule has 1 aliphatic rings. The van der Waals surface area contributed by atoms with Crippen molar-refractivity contribution in [3.63, 3.8) is 0 Å². The van der Waals surface area contributed by atoms with Crippen molar-refractivity contribution in [2.45, 2.75) is 85.0 Å². The Kier molecular flexibility index (Phi) is 6.13. The molecule has 0 aromatic carbocycles. The molecule has 1 amide bonds. The highest BCUT2D eigenvalue weighted by atomic mass is 16.2. The fraction of sp³-hybridized carbons (Fsp3) is 0.933. The van der Waals surface area contributed by atoms with Gasteiger partial charge in [0.15, 0.2) is 0 Å². The molecule has 1 N–H and O–H groups in total. The summed E-state index contributed by atoms with van der Waals surface area (Å²) in [6.07, 6.45) is 6.03. The Balaban J connectivity index is 2.51. The van der Waals surface area contributed by atoms with Gasteiger partial charge in [0.05, 0.1) is 12.2 Å². The third-order valence-electron chi connectivity index (χ3n) is 3.84. The summed E-state index contributed by atoms with van der Waals surface area (Å²) in [6.45, 7) is 10.9. The molecule has 0 aromatic rings. The quantitative estimate of drug-likeness (QED) is 0.757. The Bertz CT molecular complexity index is 265. The highest BCUT2D eigenvalue weighted by molar-refractivity contribution is 5.84. The minimum atomic E-state index is -0.00546. The number of hydrogen-bond acceptors (Lipinski definition) is 2. The molecule has 1 aliphatic heterocycles. The Hall–Kier alpha value is -0.570. The number of carbonyl (C=O) groups excluding carboxylic acids is 1. The normalized spacial score (nSPS) is 26.1. The van der Waals surface area contributed by atoms with Gasteiger partial charge in [0, 0.05) is 6.04 Å². The molecule has 0 aliphatic carbocycles. The van der Waals surface area contributed by atoms with E-state index in [1.54, 1.807) is 0 Å². The minimum absolute atomic E-state index is 0.00546. The molecule has 0 spiro atoms. The van der Waals surface area contributed by atoms with E-state index in [1.165, 1.54) is 12.8 Å². The van der Waals surface area contributed by atoms with Crippen molar-refractivity contribution < 1.29 is 4.79 Å². The van der Waals surface area contributed by atoms with Crippen LogP contribution in [-0.2, 0) is 4.79 Å². The summed E-state index contributed by atoms with van der Waals surface area (Å²) in [7, 11) is 0. The third kappa shape index (κ3) is 3.98. The lowest BCUT2D eigenvalue weighted by Crippen LogP contribution is -2.43. The van der Waals surface area contributed by atoms with Crippen molar-refractivity contribution in [1.29, 1.82) is 0 Å². The van der Waals surface area contributed by atoms with Crippen LogP contribution in [0.4, 0.5) is 0 Å². The molecule has 1 fully saturated rings. The van der Waals surface area contributed by atoms with Crippen LogP contribution in [0.5, 0.6) is 0 Å². The van der Waals surface area contributed by atoms with Crippen LogP contribution >= 0.6 is 0 Å². The van der Waals surface area contributed by atoms with Gasteiger partial charge in [0.2, 0.25) is 5.91 Å². The Morgan fingerprint density at radius 2 is 1.94 bits per heavy atom. The van der Waals surface area contributed by atoms with E-state index in [0.717, 1.165) is 25.2 Å². The molecule has 3 heteroatoms. The fourth-order valence-corrected chi connectivity index (χ4v) is 2.80. The minimum Gasteiger partial charge on any atom is -0.323 e. The van der Waals surface area contributed by atoms with Crippen molar-refractivity contribution in [1.82, 2.24) is 10.2 Å². The van der Waals surface area contributed by atoms with Gasteiger partial charge in [0.25, 0.3) is 0 Å². The lowest BCUT2D eigenvalue weighted by atomic mass is 10.0. The maximum atomic E-state index is 12.2. The summed E-state index contributed by atoms with van der Waals surface area (Å²) in [6, 6.07) is 0.361. The number of rotatable bonds is 7. The lowest BCUT2D eigenvalue weighted by Gasteiger charge is -2.30. The number of amides is 1. The Morgan fingerprint density at radius 1 is 1.28 bits per heavy atom. The highest BCUT2D eigenvalue weighted by Gasteiger charge is 2.37. The average molecular weight is 254 g/mol. The van der Waals surface area contributed by atoms with Gasteiger partial charge < -0.3 is 4.90 Å². The van der Waals surface area contributed by atoms with Crippen molar-refractivity contribution in [2.75, 3.05) is 0 Å². The molecule has 1 rings (SSSR count). The standard InChI is InChI=1S/C15H30N2O/c1-6-8-14-16-13(5)15(18)17(14)12(4)10-7-9-11(2)3/h11-14,16H,6-10H2,1-5H3. The smallest absolute Gasteiger partial charge is 0.240 e. The Morgan fingerprint density at radius 3 is 2.50 bits per heavy atom. The highest BCUT2D eigenvalue weighted by Crippen LogP contribution is 2.21. The number of hydrogen-bond donors (Lipinski definition) is 1. The van der Waals surface area contributed by atoms with Gasteiger partial charge in [-0.3, -0.25) is 10.1 Å². The molecular formula is C15H30N2O. The summed E-state index contributed by atoms with van der Waals surface area (Å²) >= 11 is 0. The molecule has 0 saturated carbocycles. The van der Waals surface area contributed by atoms with E-state index in [9.17, 15) is 4.79 Å². The topological polar surface area (TPSA) is 32.3 Å². The van der Waals surface area contributed by atoms with Crippen LogP contribution in [0.2, 0.25) is 0 Å².